The molecule has 0 fully saturated rings. The highest BCUT2D eigenvalue weighted by Gasteiger charge is 2.14. The lowest BCUT2D eigenvalue weighted by Gasteiger charge is -2.17. The Morgan fingerprint density at radius 2 is 1.90 bits per heavy atom. The van der Waals surface area contributed by atoms with Gasteiger partial charge in [-0.2, -0.15) is 0 Å². The highest BCUT2D eigenvalue weighted by Crippen LogP contribution is 2.29. The van der Waals surface area contributed by atoms with Crippen LogP contribution in [0.3, 0.4) is 0 Å². The van der Waals surface area contributed by atoms with Gasteiger partial charge in [-0.3, -0.25) is 0 Å². The lowest BCUT2D eigenvalue weighted by Crippen LogP contribution is -2.15. The maximum Gasteiger partial charge on any atom is 0.122 e. The molecule has 4 heteroatoms. The molecule has 0 heterocycles. The Bertz CT molecular complexity index is 571. The van der Waals surface area contributed by atoms with Gasteiger partial charge in [-0.05, 0) is 54.4 Å². The molecule has 1 atom stereocenters. The Balaban J connectivity index is 2.26. The maximum absolute atomic E-state index is 5.93. The van der Waals surface area contributed by atoms with Crippen molar-refractivity contribution in [2.75, 3.05) is 13.7 Å². The van der Waals surface area contributed by atoms with Crippen LogP contribution in [0.15, 0.2) is 46.9 Å². The number of benzene rings is 2. The molecule has 2 aromatic rings. The van der Waals surface area contributed by atoms with Crippen LogP contribution in [0.1, 0.15) is 17.0 Å². The van der Waals surface area contributed by atoms with E-state index in [0.717, 1.165) is 27.2 Å². The summed E-state index contributed by atoms with van der Waals surface area (Å²) in [5, 5.41) is 0.740. The van der Waals surface area contributed by atoms with Crippen molar-refractivity contribution < 1.29 is 4.74 Å². The van der Waals surface area contributed by atoms with Crippen LogP contribution in [-0.4, -0.2) is 13.7 Å². The van der Waals surface area contributed by atoms with Crippen LogP contribution in [0.5, 0.6) is 5.75 Å². The molecule has 20 heavy (non-hydrogen) atoms. The predicted octanol–water partition coefficient (Wildman–Crippen LogP) is 4.40. The van der Waals surface area contributed by atoms with Gasteiger partial charge in [-0.25, -0.2) is 0 Å². The molecule has 0 aliphatic heterocycles. The quantitative estimate of drug-likeness (QED) is 0.864. The van der Waals surface area contributed by atoms with E-state index in [9.17, 15) is 0 Å². The molecule has 0 saturated carbocycles. The van der Waals surface area contributed by atoms with Gasteiger partial charge in [-0.1, -0.05) is 39.7 Å². The Hall–Kier alpha value is -1.03. The van der Waals surface area contributed by atoms with E-state index in [1.807, 2.05) is 36.4 Å². The Kier molecular flexibility index (Phi) is 5.46. The smallest absolute Gasteiger partial charge is 0.122 e. The number of rotatable bonds is 5. The van der Waals surface area contributed by atoms with Gasteiger partial charge in [0.15, 0.2) is 0 Å². The van der Waals surface area contributed by atoms with Crippen LogP contribution in [0.2, 0.25) is 5.02 Å². The molecule has 106 valence electrons. The lowest BCUT2D eigenvalue weighted by atomic mass is 9.92. The molecule has 0 bridgehead atoms. The van der Waals surface area contributed by atoms with Crippen LogP contribution in [0.25, 0.3) is 0 Å². The first kappa shape index (κ1) is 15.4. The zero-order valence-electron chi connectivity index (χ0n) is 11.3. The third kappa shape index (κ3) is 3.75. The molecule has 0 aliphatic rings. The van der Waals surface area contributed by atoms with Crippen LogP contribution < -0.4 is 10.5 Å². The van der Waals surface area contributed by atoms with E-state index < -0.39 is 0 Å². The predicted molar refractivity (Wildman–Crippen MR) is 87.6 cm³/mol. The van der Waals surface area contributed by atoms with Crippen molar-refractivity contribution in [3.05, 3.63) is 63.1 Å². The standard InChI is InChI=1S/C16H17BrClNO/c1-20-16-7-4-14(17)9-12(16)8-13(10-19)11-2-5-15(18)6-3-11/h2-7,9,13H,8,10,19H2,1H3. The molecular weight excluding hydrogens is 338 g/mol. The van der Waals surface area contributed by atoms with E-state index in [0.29, 0.717) is 6.54 Å². The number of nitrogens with two attached hydrogens (primary N) is 1. The summed E-state index contributed by atoms with van der Waals surface area (Å²) in [6.07, 6.45) is 0.834. The Labute approximate surface area is 133 Å². The average Bonchev–Trinajstić information content (AvgIpc) is 2.46. The second kappa shape index (κ2) is 7.11. The summed E-state index contributed by atoms with van der Waals surface area (Å²) in [5.41, 5.74) is 8.27. The summed E-state index contributed by atoms with van der Waals surface area (Å²) in [6, 6.07) is 13.9. The minimum Gasteiger partial charge on any atom is -0.496 e. The first-order valence-corrected chi connectivity index (χ1v) is 7.59. The normalized spacial score (nSPS) is 12.2. The minimum absolute atomic E-state index is 0.246. The topological polar surface area (TPSA) is 35.2 Å². The molecule has 2 rings (SSSR count). The molecule has 0 amide bonds. The van der Waals surface area contributed by atoms with E-state index in [4.69, 9.17) is 22.1 Å². The molecule has 0 aromatic heterocycles. The van der Waals surface area contributed by atoms with Crippen LogP contribution in [-0.2, 0) is 6.42 Å². The lowest BCUT2D eigenvalue weighted by molar-refractivity contribution is 0.408. The molecule has 0 aliphatic carbocycles. The first-order valence-electron chi connectivity index (χ1n) is 6.42. The molecular formula is C16H17BrClNO. The molecule has 0 radical (unpaired) electrons. The minimum atomic E-state index is 0.246. The summed E-state index contributed by atoms with van der Waals surface area (Å²) in [7, 11) is 1.69. The van der Waals surface area contributed by atoms with Gasteiger partial charge >= 0.3 is 0 Å². The van der Waals surface area contributed by atoms with Crippen molar-refractivity contribution in [1.82, 2.24) is 0 Å². The van der Waals surface area contributed by atoms with Gasteiger partial charge < -0.3 is 10.5 Å². The molecule has 0 saturated heterocycles. The van der Waals surface area contributed by atoms with E-state index in [1.165, 1.54) is 5.56 Å². The fourth-order valence-electron chi connectivity index (χ4n) is 2.24. The van der Waals surface area contributed by atoms with Crippen LogP contribution in [0.4, 0.5) is 0 Å². The summed E-state index contributed by atoms with van der Waals surface area (Å²) in [5.74, 6) is 1.14. The highest BCUT2D eigenvalue weighted by atomic mass is 79.9. The van der Waals surface area contributed by atoms with Gasteiger partial charge in [-0.15, -0.1) is 0 Å². The number of methoxy groups -OCH3 is 1. The number of ether oxygens (including phenoxy) is 1. The zero-order chi connectivity index (χ0) is 14.5. The van der Waals surface area contributed by atoms with Crippen molar-refractivity contribution in [3.63, 3.8) is 0 Å². The summed E-state index contributed by atoms with van der Waals surface area (Å²) >= 11 is 9.43. The highest BCUT2D eigenvalue weighted by molar-refractivity contribution is 9.10. The number of halogens is 2. The van der Waals surface area contributed by atoms with E-state index in [-0.39, 0.29) is 5.92 Å². The van der Waals surface area contributed by atoms with Crippen molar-refractivity contribution in [1.29, 1.82) is 0 Å². The first-order chi connectivity index (χ1) is 9.63. The largest absolute Gasteiger partial charge is 0.496 e. The van der Waals surface area contributed by atoms with Gasteiger partial charge in [0.05, 0.1) is 7.11 Å². The molecule has 2 aromatic carbocycles. The van der Waals surface area contributed by atoms with Crippen LogP contribution in [0, 0.1) is 0 Å². The maximum atomic E-state index is 5.93. The van der Waals surface area contributed by atoms with Gasteiger partial charge in [0.2, 0.25) is 0 Å². The second-order valence-corrected chi connectivity index (χ2v) is 6.00. The molecule has 2 nitrogen and oxygen atoms in total. The van der Waals surface area contributed by atoms with Crippen molar-refractivity contribution >= 4 is 27.5 Å². The Morgan fingerprint density at radius 1 is 1.20 bits per heavy atom. The molecule has 2 N–H and O–H groups in total. The van der Waals surface area contributed by atoms with Crippen LogP contribution >= 0.6 is 27.5 Å². The van der Waals surface area contributed by atoms with E-state index in [2.05, 4.69) is 22.0 Å². The zero-order valence-corrected chi connectivity index (χ0v) is 13.6. The molecule has 1 unspecified atom stereocenters. The van der Waals surface area contributed by atoms with Crippen molar-refractivity contribution in [2.45, 2.75) is 12.3 Å². The SMILES string of the molecule is COc1ccc(Br)cc1CC(CN)c1ccc(Cl)cc1. The van der Waals surface area contributed by atoms with E-state index >= 15 is 0 Å². The Morgan fingerprint density at radius 3 is 2.50 bits per heavy atom. The fraction of sp³-hybridized carbons (Fsp3) is 0.250. The van der Waals surface area contributed by atoms with E-state index in [1.54, 1.807) is 7.11 Å². The van der Waals surface area contributed by atoms with Gasteiger partial charge in [0.25, 0.3) is 0 Å². The monoisotopic (exact) mass is 353 g/mol. The van der Waals surface area contributed by atoms with Crippen molar-refractivity contribution in [2.24, 2.45) is 5.73 Å². The summed E-state index contributed by atoms with van der Waals surface area (Å²) in [4.78, 5) is 0. The van der Waals surface area contributed by atoms with Gasteiger partial charge in [0.1, 0.15) is 5.75 Å². The fourth-order valence-corrected chi connectivity index (χ4v) is 2.78. The molecule has 0 spiro atoms. The van der Waals surface area contributed by atoms with Gasteiger partial charge in [0, 0.05) is 15.4 Å². The summed E-state index contributed by atoms with van der Waals surface area (Å²) < 4.78 is 6.46. The number of hydrogen-bond acceptors (Lipinski definition) is 2. The summed E-state index contributed by atoms with van der Waals surface area (Å²) in [6.45, 7) is 0.581. The second-order valence-electron chi connectivity index (χ2n) is 4.64. The number of hydrogen-bond donors (Lipinski definition) is 1. The third-order valence-corrected chi connectivity index (χ3v) is 4.08. The average molecular weight is 355 g/mol. The van der Waals surface area contributed by atoms with Crippen molar-refractivity contribution in [3.8, 4) is 5.75 Å². The third-order valence-electron chi connectivity index (χ3n) is 3.33.